The number of carbonyl (C=O) groups is 1. The molecule has 1 aromatic heterocycles. The van der Waals surface area contributed by atoms with E-state index in [1.54, 1.807) is 6.92 Å². The fourth-order valence-corrected chi connectivity index (χ4v) is 0.769. The molecule has 0 fully saturated rings. The van der Waals surface area contributed by atoms with Gasteiger partial charge in [0.2, 0.25) is 5.95 Å². The summed E-state index contributed by atoms with van der Waals surface area (Å²) in [6.07, 6.45) is 1.38. The molecule has 2 N–H and O–H groups in total. The van der Waals surface area contributed by atoms with Crippen molar-refractivity contribution < 1.29 is 9.18 Å². The minimum Gasteiger partial charge on any atom is -0.359 e. The molecule has 1 rings (SSSR count). The van der Waals surface area contributed by atoms with Gasteiger partial charge in [-0.3, -0.25) is 4.79 Å². The Morgan fingerprint density at radius 2 is 2.38 bits per heavy atom. The Morgan fingerprint density at radius 3 is 3.00 bits per heavy atom. The van der Waals surface area contributed by atoms with Gasteiger partial charge < -0.3 is 5.73 Å². The third kappa shape index (κ3) is 2.56. The molecule has 1 aromatic rings. The second-order valence-corrected chi connectivity index (χ2v) is 2.47. The number of aryl methyl sites for hydroxylation is 1. The summed E-state index contributed by atoms with van der Waals surface area (Å²) in [6.45, 7) is 1.75. The SMILES string of the molecule is Cc1cnc(F)c(C#CC(N)=O)c1. The van der Waals surface area contributed by atoms with E-state index in [-0.39, 0.29) is 5.56 Å². The molecule has 0 aliphatic rings. The number of hydrogen-bond donors (Lipinski definition) is 1. The largest absolute Gasteiger partial charge is 0.359 e. The molecule has 0 bridgehead atoms. The van der Waals surface area contributed by atoms with Gasteiger partial charge in [-0.1, -0.05) is 5.92 Å². The Morgan fingerprint density at radius 1 is 1.69 bits per heavy atom. The Balaban J connectivity index is 3.09. The third-order valence-electron chi connectivity index (χ3n) is 1.30. The summed E-state index contributed by atoms with van der Waals surface area (Å²) < 4.78 is 12.9. The lowest BCUT2D eigenvalue weighted by atomic mass is 10.2. The lowest BCUT2D eigenvalue weighted by molar-refractivity contribution is -0.112. The van der Waals surface area contributed by atoms with Crippen LogP contribution in [0.15, 0.2) is 12.3 Å². The van der Waals surface area contributed by atoms with Gasteiger partial charge in [0.1, 0.15) is 0 Å². The van der Waals surface area contributed by atoms with Crippen LogP contribution < -0.4 is 5.73 Å². The van der Waals surface area contributed by atoms with Crippen molar-refractivity contribution in [1.29, 1.82) is 0 Å². The van der Waals surface area contributed by atoms with Crippen LogP contribution in [0.2, 0.25) is 0 Å². The third-order valence-corrected chi connectivity index (χ3v) is 1.30. The molecule has 1 amide bonds. The fraction of sp³-hybridized carbons (Fsp3) is 0.111. The molecular weight excluding hydrogens is 171 g/mol. The molecule has 4 heteroatoms. The van der Waals surface area contributed by atoms with E-state index >= 15 is 0 Å². The number of aromatic nitrogens is 1. The summed E-state index contributed by atoms with van der Waals surface area (Å²) in [5.74, 6) is 2.84. The van der Waals surface area contributed by atoms with E-state index < -0.39 is 11.9 Å². The van der Waals surface area contributed by atoms with Crippen LogP contribution in [-0.4, -0.2) is 10.9 Å². The maximum Gasteiger partial charge on any atom is 0.293 e. The topological polar surface area (TPSA) is 56.0 Å². The van der Waals surface area contributed by atoms with Crippen LogP contribution in [0, 0.1) is 24.7 Å². The monoisotopic (exact) mass is 178 g/mol. The summed E-state index contributed by atoms with van der Waals surface area (Å²) in [5.41, 5.74) is 5.63. The molecule has 0 unspecified atom stereocenters. The quantitative estimate of drug-likeness (QED) is 0.460. The zero-order valence-electron chi connectivity index (χ0n) is 6.97. The smallest absolute Gasteiger partial charge is 0.293 e. The van der Waals surface area contributed by atoms with Gasteiger partial charge in [-0.05, 0) is 18.6 Å². The average Bonchev–Trinajstić information content (AvgIpc) is 2.06. The molecule has 0 radical (unpaired) electrons. The van der Waals surface area contributed by atoms with Crippen molar-refractivity contribution in [1.82, 2.24) is 4.98 Å². The standard InChI is InChI=1S/C9H7FN2O/c1-6-4-7(2-3-8(11)13)9(10)12-5-6/h4-5H,1H3,(H2,11,13). The summed E-state index contributed by atoms with van der Waals surface area (Å²) >= 11 is 0. The van der Waals surface area contributed by atoms with Crippen LogP contribution in [0.3, 0.4) is 0 Å². The molecule has 0 aromatic carbocycles. The highest BCUT2D eigenvalue weighted by molar-refractivity contribution is 5.92. The zero-order valence-corrected chi connectivity index (χ0v) is 6.97. The Kier molecular flexibility index (Phi) is 2.60. The average molecular weight is 178 g/mol. The first-order valence-corrected chi connectivity index (χ1v) is 3.53. The van der Waals surface area contributed by atoms with E-state index in [0.717, 1.165) is 5.56 Å². The van der Waals surface area contributed by atoms with Gasteiger partial charge in [-0.15, -0.1) is 0 Å². The molecule has 0 saturated heterocycles. The summed E-state index contributed by atoms with van der Waals surface area (Å²) in [7, 11) is 0. The molecular formula is C9H7FN2O. The second kappa shape index (κ2) is 3.68. The maximum absolute atomic E-state index is 12.9. The van der Waals surface area contributed by atoms with Crippen molar-refractivity contribution in [2.45, 2.75) is 6.92 Å². The van der Waals surface area contributed by atoms with E-state index in [2.05, 4.69) is 10.9 Å². The van der Waals surface area contributed by atoms with Crippen molar-refractivity contribution >= 4 is 5.91 Å². The summed E-state index contributed by atoms with van der Waals surface area (Å²) in [6, 6.07) is 1.50. The van der Waals surface area contributed by atoms with E-state index in [4.69, 9.17) is 5.73 Å². The normalized spacial score (nSPS) is 8.77. The van der Waals surface area contributed by atoms with Crippen molar-refractivity contribution in [3.05, 3.63) is 29.3 Å². The molecule has 1 heterocycles. The van der Waals surface area contributed by atoms with E-state index in [1.165, 1.54) is 12.3 Å². The molecule has 13 heavy (non-hydrogen) atoms. The van der Waals surface area contributed by atoms with E-state index in [1.807, 2.05) is 5.92 Å². The van der Waals surface area contributed by atoms with Gasteiger partial charge in [0.05, 0.1) is 5.56 Å². The molecule has 66 valence electrons. The van der Waals surface area contributed by atoms with Crippen LogP contribution in [0.1, 0.15) is 11.1 Å². The molecule has 3 nitrogen and oxygen atoms in total. The number of carbonyl (C=O) groups excluding carboxylic acids is 1. The Hall–Kier alpha value is -1.89. The van der Waals surface area contributed by atoms with Gasteiger partial charge >= 0.3 is 0 Å². The van der Waals surface area contributed by atoms with Gasteiger partial charge in [0.15, 0.2) is 0 Å². The highest BCUT2D eigenvalue weighted by Gasteiger charge is 1.99. The number of hydrogen-bond acceptors (Lipinski definition) is 2. The Bertz CT molecular complexity index is 404. The number of amides is 1. The number of nitrogens with two attached hydrogens (primary N) is 1. The number of rotatable bonds is 0. The van der Waals surface area contributed by atoms with Gasteiger partial charge in [0.25, 0.3) is 5.91 Å². The van der Waals surface area contributed by atoms with Crippen molar-refractivity contribution in [3.63, 3.8) is 0 Å². The zero-order chi connectivity index (χ0) is 9.84. The molecule has 0 atom stereocenters. The first kappa shape index (κ1) is 9.20. The van der Waals surface area contributed by atoms with Crippen LogP contribution in [0.25, 0.3) is 0 Å². The highest BCUT2D eigenvalue weighted by atomic mass is 19.1. The molecule has 0 aliphatic heterocycles. The number of primary amides is 1. The first-order chi connectivity index (χ1) is 6.09. The van der Waals surface area contributed by atoms with Crippen molar-refractivity contribution in [3.8, 4) is 11.8 Å². The summed E-state index contributed by atoms with van der Waals surface area (Å²) in [4.78, 5) is 13.7. The Labute approximate surface area is 74.8 Å². The van der Waals surface area contributed by atoms with E-state index in [0.29, 0.717) is 0 Å². The van der Waals surface area contributed by atoms with Gasteiger partial charge in [-0.25, -0.2) is 4.98 Å². The lowest BCUT2D eigenvalue weighted by Crippen LogP contribution is -2.06. The first-order valence-electron chi connectivity index (χ1n) is 3.53. The molecule has 0 spiro atoms. The van der Waals surface area contributed by atoms with Crippen LogP contribution in [0.5, 0.6) is 0 Å². The maximum atomic E-state index is 12.9. The van der Waals surface area contributed by atoms with Crippen LogP contribution in [0.4, 0.5) is 4.39 Å². The second-order valence-electron chi connectivity index (χ2n) is 2.47. The molecule has 0 aliphatic carbocycles. The highest BCUT2D eigenvalue weighted by Crippen LogP contribution is 2.04. The lowest BCUT2D eigenvalue weighted by Gasteiger charge is -1.94. The van der Waals surface area contributed by atoms with Crippen LogP contribution >= 0.6 is 0 Å². The number of nitrogens with zero attached hydrogens (tertiary/aromatic N) is 1. The van der Waals surface area contributed by atoms with E-state index in [9.17, 15) is 9.18 Å². The predicted octanol–water partition coefficient (Wildman–Crippen LogP) is 0.366. The minimum atomic E-state index is -0.791. The van der Waals surface area contributed by atoms with Crippen LogP contribution in [-0.2, 0) is 4.79 Å². The fourth-order valence-electron chi connectivity index (χ4n) is 0.769. The number of halogens is 1. The predicted molar refractivity (Wildman–Crippen MR) is 45.0 cm³/mol. The van der Waals surface area contributed by atoms with Gasteiger partial charge in [-0.2, -0.15) is 4.39 Å². The number of pyridine rings is 1. The summed E-state index contributed by atoms with van der Waals surface area (Å²) in [5, 5.41) is 0. The van der Waals surface area contributed by atoms with Crippen molar-refractivity contribution in [2.24, 2.45) is 5.73 Å². The minimum absolute atomic E-state index is 0.0822. The molecule has 0 saturated carbocycles. The van der Waals surface area contributed by atoms with Crippen molar-refractivity contribution in [2.75, 3.05) is 0 Å². The van der Waals surface area contributed by atoms with Gasteiger partial charge in [0, 0.05) is 12.1 Å².